The van der Waals surface area contributed by atoms with Crippen LogP contribution in [0.3, 0.4) is 0 Å². The van der Waals surface area contributed by atoms with Gasteiger partial charge in [0.15, 0.2) is 12.0 Å². The van der Waals surface area contributed by atoms with Gasteiger partial charge in [0.1, 0.15) is 5.52 Å². The van der Waals surface area contributed by atoms with Crippen molar-refractivity contribution in [2.75, 3.05) is 13.2 Å². The number of benzene rings is 1. The number of hydrogen-bond acceptors (Lipinski definition) is 5. The zero-order valence-electron chi connectivity index (χ0n) is 10.5. The highest BCUT2D eigenvalue weighted by Crippen LogP contribution is 2.37. The van der Waals surface area contributed by atoms with Crippen LogP contribution >= 0.6 is 0 Å². The average molecular weight is 260 g/mol. The normalized spacial score (nSPS) is 34.6. The summed E-state index contributed by atoms with van der Waals surface area (Å²) in [5.74, 6) is 0. The minimum Gasteiger partial charge on any atom is -0.443 e. The highest BCUT2D eigenvalue weighted by atomic mass is 16.5. The van der Waals surface area contributed by atoms with Gasteiger partial charge in [-0.05, 0) is 30.5 Å². The van der Waals surface area contributed by atoms with Crippen LogP contribution in [-0.4, -0.2) is 35.4 Å². The largest absolute Gasteiger partial charge is 0.443 e. The number of morpholine rings is 1. The molecular formula is C14H16N2O3. The molecule has 0 radical (unpaired) electrons. The lowest BCUT2D eigenvalue weighted by molar-refractivity contribution is -0.0801. The van der Waals surface area contributed by atoms with E-state index in [-0.39, 0.29) is 12.1 Å². The molecule has 2 N–H and O–H groups in total. The van der Waals surface area contributed by atoms with Gasteiger partial charge < -0.3 is 19.6 Å². The Hall–Kier alpha value is -1.43. The topological polar surface area (TPSA) is 67.5 Å². The van der Waals surface area contributed by atoms with Crippen LogP contribution in [0.2, 0.25) is 0 Å². The van der Waals surface area contributed by atoms with Gasteiger partial charge in [0.25, 0.3) is 0 Å². The summed E-state index contributed by atoms with van der Waals surface area (Å²) in [6.45, 7) is 1.34. The standard InChI is InChI=1S/C14H16N2O3/c17-14(4-10-6-18-7-11(5-14)16-10)9-1-2-13-12(3-9)15-8-19-13/h1-3,8,10-11,16-17H,4-7H2. The van der Waals surface area contributed by atoms with Crippen LogP contribution in [0.25, 0.3) is 11.1 Å². The monoisotopic (exact) mass is 260 g/mol. The summed E-state index contributed by atoms with van der Waals surface area (Å²) in [7, 11) is 0. The predicted octanol–water partition coefficient (Wildman–Crippen LogP) is 1.17. The zero-order chi connectivity index (χ0) is 12.9. The average Bonchev–Trinajstić information content (AvgIpc) is 2.85. The van der Waals surface area contributed by atoms with E-state index in [1.165, 1.54) is 6.39 Å². The minimum atomic E-state index is -0.794. The van der Waals surface area contributed by atoms with Gasteiger partial charge in [-0.2, -0.15) is 0 Å². The van der Waals surface area contributed by atoms with E-state index >= 15 is 0 Å². The molecular weight excluding hydrogens is 244 g/mol. The van der Waals surface area contributed by atoms with Crippen LogP contribution in [0.4, 0.5) is 0 Å². The third-order valence-corrected chi connectivity index (χ3v) is 4.15. The van der Waals surface area contributed by atoms with E-state index in [4.69, 9.17) is 9.15 Å². The van der Waals surface area contributed by atoms with Gasteiger partial charge in [-0.3, -0.25) is 0 Å². The molecule has 19 heavy (non-hydrogen) atoms. The van der Waals surface area contributed by atoms with E-state index < -0.39 is 5.60 Å². The van der Waals surface area contributed by atoms with Crippen LogP contribution in [0, 0.1) is 0 Å². The van der Waals surface area contributed by atoms with Gasteiger partial charge in [0, 0.05) is 12.1 Å². The molecule has 100 valence electrons. The highest BCUT2D eigenvalue weighted by Gasteiger charge is 2.42. The maximum absolute atomic E-state index is 11.0. The maximum atomic E-state index is 11.0. The molecule has 2 aliphatic heterocycles. The minimum absolute atomic E-state index is 0.227. The molecule has 1 aromatic carbocycles. The lowest BCUT2D eigenvalue weighted by Crippen LogP contribution is -2.58. The lowest BCUT2D eigenvalue weighted by atomic mass is 9.78. The molecule has 2 fully saturated rings. The van der Waals surface area contributed by atoms with Crippen molar-refractivity contribution < 1.29 is 14.3 Å². The lowest BCUT2D eigenvalue weighted by Gasteiger charge is -2.45. The summed E-state index contributed by atoms with van der Waals surface area (Å²) in [6, 6.07) is 6.20. The van der Waals surface area contributed by atoms with Crippen molar-refractivity contribution in [1.82, 2.24) is 10.3 Å². The van der Waals surface area contributed by atoms with Crippen molar-refractivity contribution in [2.45, 2.75) is 30.5 Å². The first-order valence-corrected chi connectivity index (χ1v) is 6.63. The molecule has 1 aromatic heterocycles. The Bertz CT molecular complexity index is 598. The summed E-state index contributed by atoms with van der Waals surface area (Å²) in [6.07, 6.45) is 2.78. The molecule has 5 nitrogen and oxygen atoms in total. The predicted molar refractivity (Wildman–Crippen MR) is 68.7 cm³/mol. The van der Waals surface area contributed by atoms with Gasteiger partial charge >= 0.3 is 0 Å². The van der Waals surface area contributed by atoms with E-state index in [0.29, 0.717) is 26.1 Å². The SMILES string of the molecule is OC1(c2ccc3ocnc3c2)CC2COCC(C1)N2. The molecule has 0 amide bonds. The van der Waals surface area contributed by atoms with Crippen LogP contribution in [-0.2, 0) is 10.3 Å². The number of rotatable bonds is 1. The molecule has 2 atom stereocenters. The number of aromatic nitrogens is 1. The molecule has 2 saturated heterocycles. The molecule has 2 aromatic rings. The Morgan fingerprint density at radius 1 is 1.26 bits per heavy atom. The number of piperidine rings is 1. The third kappa shape index (κ3) is 1.85. The summed E-state index contributed by atoms with van der Waals surface area (Å²) in [5.41, 5.74) is 1.68. The quantitative estimate of drug-likeness (QED) is 0.805. The van der Waals surface area contributed by atoms with Crippen LogP contribution < -0.4 is 5.32 Å². The van der Waals surface area contributed by atoms with Crippen LogP contribution in [0.15, 0.2) is 29.0 Å². The number of nitrogens with zero attached hydrogens (tertiary/aromatic N) is 1. The molecule has 0 saturated carbocycles. The molecule has 3 heterocycles. The number of aliphatic hydroxyl groups is 1. The van der Waals surface area contributed by atoms with Crippen molar-refractivity contribution in [3.05, 3.63) is 30.2 Å². The maximum Gasteiger partial charge on any atom is 0.181 e. The molecule has 4 rings (SSSR count). The van der Waals surface area contributed by atoms with Gasteiger partial charge in [0.2, 0.25) is 0 Å². The first-order chi connectivity index (χ1) is 9.23. The molecule has 0 aliphatic carbocycles. The summed E-state index contributed by atoms with van der Waals surface area (Å²) in [4.78, 5) is 4.16. The van der Waals surface area contributed by atoms with Crippen molar-refractivity contribution in [3.63, 3.8) is 0 Å². The first kappa shape index (κ1) is 11.4. The Morgan fingerprint density at radius 3 is 2.84 bits per heavy atom. The second-order valence-corrected chi connectivity index (χ2v) is 5.57. The Kier molecular flexibility index (Phi) is 2.42. The second-order valence-electron chi connectivity index (χ2n) is 5.57. The van der Waals surface area contributed by atoms with E-state index in [1.54, 1.807) is 0 Å². The highest BCUT2D eigenvalue weighted by molar-refractivity contribution is 5.73. The zero-order valence-corrected chi connectivity index (χ0v) is 10.5. The third-order valence-electron chi connectivity index (χ3n) is 4.15. The molecule has 5 heteroatoms. The fourth-order valence-electron chi connectivity index (χ4n) is 3.30. The molecule has 2 bridgehead atoms. The van der Waals surface area contributed by atoms with E-state index in [0.717, 1.165) is 16.7 Å². The smallest absolute Gasteiger partial charge is 0.181 e. The Balaban J connectivity index is 1.72. The summed E-state index contributed by atoms with van der Waals surface area (Å²) >= 11 is 0. The van der Waals surface area contributed by atoms with Gasteiger partial charge in [-0.15, -0.1) is 0 Å². The van der Waals surface area contributed by atoms with Gasteiger partial charge in [-0.1, -0.05) is 6.07 Å². The molecule has 2 unspecified atom stereocenters. The van der Waals surface area contributed by atoms with E-state index in [2.05, 4.69) is 10.3 Å². The van der Waals surface area contributed by atoms with Crippen LogP contribution in [0.1, 0.15) is 18.4 Å². The molecule has 2 aliphatic rings. The van der Waals surface area contributed by atoms with E-state index in [1.807, 2.05) is 18.2 Å². The number of oxazole rings is 1. The molecule has 0 spiro atoms. The fourth-order valence-corrected chi connectivity index (χ4v) is 3.30. The van der Waals surface area contributed by atoms with Crippen molar-refractivity contribution in [2.24, 2.45) is 0 Å². The van der Waals surface area contributed by atoms with Crippen molar-refractivity contribution in [3.8, 4) is 0 Å². The van der Waals surface area contributed by atoms with Gasteiger partial charge in [-0.25, -0.2) is 4.98 Å². The fraction of sp³-hybridized carbons (Fsp3) is 0.500. The summed E-state index contributed by atoms with van der Waals surface area (Å²) in [5, 5.41) is 14.5. The van der Waals surface area contributed by atoms with Gasteiger partial charge in [0.05, 0.1) is 18.8 Å². The Morgan fingerprint density at radius 2 is 2.05 bits per heavy atom. The number of ether oxygens (including phenoxy) is 1. The number of fused-ring (bicyclic) bond motifs is 3. The second kappa shape index (κ2) is 4.03. The first-order valence-electron chi connectivity index (χ1n) is 6.63. The van der Waals surface area contributed by atoms with Crippen molar-refractivity contribution >= 4 is 11.1 Å². The number of hydrogen-bond donors (Lipinski definition) is 2. The Labute approximate surface area is 110 Å². The number of nitrogens with one attached hydrogen (secondary N) is 1. The van der Waals surface area contributed by atoms with Crippen molar-refractivity contribution in [1.29, 1.82) is 0 Å². The summed E-state index contributed by atoms with van der Waals surface area (Å²) < 4.78 is 10.8. The van der Waals surface area contributed by atoms with Crippen LogP contribution in [0.5, 0.6) is 0 Å². The van der Waals surface area contributed by atoms with E-state index in [9.17, 15) is 5.11 Å².